The van der Waals surface area contributed by atoms with E-state index in [0.717, 1.165) is 0 Å². The van der Waals surface area contributed by atoms with E-state index in [4.69, 9.17) is 51.6 Å². The van der Waals surface area contributed by atoms with Gasteiger partial charge in [0.15, 0.2) is 5.96 Å². The van der Waals surface area contributed by atoms with Crippen LogP contribution in [-0.2, 0) is 54.4 Å². The number of aromatic amines is 1. The Morgan fingerprint density at radius 3 is 1.93 bits per heavy atom. The molecule has 1 aliphatic heterocycles. The Morgan fingerprint density at radius 1 is 0.713 bits per heavy atom. The molecule has 26 N–H and O–H groups in total. The third-order valence-electron chi connectivity index (χ3n) is 12.6. The van der Waals surface area contributed by atoms with Crippen molar-refractivity contribution in [1.29, 1.82) is 0 Å². The van der Waals surface area contributed by atoms with Crippen LogP contribution >= 0.6 is 0 Å². The highest BCUT2D eigenvalue weighted by atomic mass is 16.2. The number of unbranched alkanes of at least 4 members (excludes halogenated alkanes) is 3. The molecule has 0 spiro atoms. The number of nitrogens with zero attached hydrogens (tertiary/aromatic N) is 4. The van der Waals surface area contributed by atoms with Gasteiger partial charge in [0, 0.05) is 31.4 Å². The number of nitrogens with two attached hydrogens (primary N) is 9. The first-order valence-electron chi connectivity index (χ1n) is 27.0. The molecule has 0 bridgehead atoms. The molecule has 80 heavy (non-hydrogen) atoms. The third kappa shape index (κ3) is 25.6. The first kappa shape index (κ1) is 68.7. The molecule has 1 saturated heterocycles. The summed E-state index contributed by atoms with van der Waals surface area (Å²) >= 11 is 0. The van der Waals surface area contributed by atoms with Crippen LogP contribution in [0.25, 0.3) is 0 Å². The lowest BCUT2D eigenvalue weighted by atomic mass is 10.1. The van der Waals surface area contributed by atoms with Crippen LogP contribution in [0.2, 0.25) is 0 Å². The molecule has 1 fully saturated rings. The standard InChI is InChI=1S/C49H87N21O10/c1-29(63-43(75)35(17-22-54)66-42(74)31(55)11-2-5-18-50)41(73)61-27-39(71)64-36(14-8-21-53)48(80)70-24-10-16-38(70)47(79)69-37(25-30-26-59-28-62-30)46(78)68-33(13-4-7-20-52)45(77)67-34(15-9-23-60-49(57)58)44(76)65-32(40(56)72)12-3-6-19-51/h15,26,28-29,31-33,35,37-38H,2-14,16-25,27,50-55H2,1H3,(H2,56,72)(H,59,62)(H,61,73)(H,63,75)(H,65,76)(H,66,74)(H,67,77)(H,68,78)(H,69,79)(H4,57,58,60)/b34-15-,64-36?/t29-,31-,32-,33-,35-,37-,38-/m0/s1. The van der Waals surface area contributed by atoms with E-state index in [9.17, 15) is 47.9 Å². The molecule has 1 aliphatic rings. The predicted molar refractivity (Wildman–Crippen MR) is 297 cm³/mol. The summed E-state index contributed by atoms with van der Waals surface area (Å²) in [7, 11) is 0. The van der Waals surface area contributed by atoms with E-state index < -0.39 is 108 Å². The average molecular weight is 1130 g/mol. The van der Waals surface area contributed by atoms with Crippen LogP contribution < -0.4 is 88.8 Å². The van der Waals surface area contributed by atoms with Crippen LogP contribution in [0, 0.1) is 0 Å². The molecule has 448 valence electrons. The van der Waals surface area contributed by atoms with Crippen molar-refractivity contribution in [2.24, 2.45) is 61.6 Å². The van der Waals surface area contributed by atoms with Crippen LogP contribution in [0.5, 0.6) is 0 Å². The lowest BCUT2D eigenvalue weighted by Crippen LogP contribution is -2.57. The zero-order chi connectivity index (χ0) is 59.6. The number of amides is 10. The predicted octanol–water partition coefficient (Wildman–Crippen LogP) is -6.58. The van der Waals surface area contributed by atoms with Gasteiger partial charge in [-0.15, -0.1) is 0 Å². The molecule has 1 aromatic heterocycles. The van der Waals surface area contributed by atoms with E-state index in [1.165, 1.54) is 30.4 Å². The molecule has 1 aromatic rings. The second kappa shape index (κ2) is 38.2. The van der Waals surface area contributed by atoms with Gasteiger partial charge in [0.2, 0.25) is 41.4 Å². The van der Waals surface area contributed by atoms with Crippen LogP contribution in [0.4, 0.5) is 0 Å². The topological polar surface area (TPSA) is 546 Å². The Bertz CT molecular complexity index is 2280. The molecule has 0 aromatic carbocycles. The van der Waals surface area contributed by atoms with Crippen LogP contribution in [-0.4, -0.2) is 180 Å². The van der Waals surface area contributed by atoms with Crippen molar-refractivity contribution >= 4 is 70.7 Å². The fraction of sp³-hybridized carbons (Fsp3) is 0.653. The molecule has 7 atom stereocenters. The van der Waals surface area contributed by atoms with E-state index >= 15 is 0 Å². The van der Waals surface area contributed by atoms with Gasteiger partial charge in [-0.3, -0.25) is 52.9 Å². The van der Waals surface area contributed by atoms with Gasteiger partial charge in [-0.2, -0.15) is 0 Å². The highest BCUT2D eigenvalue weighted by Crippen LogP contribution is 2.20. The summed E-state index contributed by atoms with van der Waals surface area (Å²) in [5.74, 6) is -8.06. The Hall–Kier alpha value is -7.45. The third-order valence-corrected chi connectivity index (χ3v) is 12.6. The first-order chi connectivity index (χ1) is 38.2. The monoisotopic (exact) mass is 1130 g/mol. The number of hydrogen-bond donors (Lipinski definition) is 17. The summed E-state index contributed by atoms with van der Waals surface area (Å²) in [6.07, 6.45) is 8.36. The van der Waals surface area contributed by atoms with E-state index in [2.05, 4.69) is 57.2 Å². The molecule has 0 aliphatic carbocycles. The van der Waals surface area contributed by atoms with Crippen molar-refractivity contribution in [3.63, 3.8) is 0 Å². The minimum atomic E-state index is -1.38. The maximum atomic E-state index is 14.3. The number of H-pyrrole nitrogens is 1. The summed E-state index contributed by atoms with van der Waals surface area (Å²) in [5, 5.41) is 17.9. The van der Waals surface area contributed by atoms with Gasteiger partial charge in [-0.25, -0.2) is 9.98 Å². The van der Waals surface area contributed by atoms with Gasteiger partial charge in [-0.05, 0) is 130 Å². The Morgan fingerprint density at radius 2 is 1.32 bits per heavy atom. The van der Waals surface area contributed by atoms with Gasteiger partial charge >= 0.3 is 0 Å². The van der Waals surface area contributed by atoms with Gasteiger partial charge < -0.3 is 98.7 Å². The molecule has 0 saturated carbocycles. The number of guanidine groups is 1. The van der Waals surface area contributed by atoms with Crippen LogP contribution in [0.1, 0.15) is 109 Å². The molecule has 10 amide bonds. The van der Waals surface area contributed by atoms with Gasteiger partial charge in [0.25, 0.3) is 17.7 Å². The number of carbonyl (C=O) groups is 10. The molecule has 31 nitrogen and oxygen atoms in total. The number of rotatable bonds is 39. The SMILES string of the molecule is C[C@H](NC(=O)[C@H](CCN)NC(=O)[C@@H](N)CCCCN)C(=O)NCC(=O)N=C(CCCN)C(=O)N1CCC[C@H]1C(=O)N[C@@H](Cc1cnc[nH]1)C(=O)N[C@@H](CCCCN)C(=O)N/C(=C\CCN=C(N)N)C(=O)N[C@@H](CCCCN)C(N)=O. The van der Waals surface area contributed by atoms with Gasteiger partial charge in [0.05, 0.1) is 18.9 Å². The molecule has 0 unspecified atom stereocenters. The molecular weight excluding hydrogens is 1040 g/mol. The summed E-state index contributed by atoms with van der Waals surface area (Å²) in [6.45, 7) is 1.93. The second-order valence-electron chi connectivity index (χ2n) is 19.1. The number of imidazole rings is 1. The first-order valence-corrected chi connectivity index (χ1v) is 27.0. The molecular formula is C49H87N21O10. The number of nitrogens with one attached hydrogen (secondary N) is 8. The van der Waals surface area contributed by atoms with Gasteiger partial charge in [0.1, 0.15) is 47.7 Å². The quantitative estimate of drug-likeness (QED) is 0.0126. The van der Waals surface area contributed by atoms with Crippen LogP contribution in [0.3, 0.4) is 0 Å². The fourth-order valence-corrected chi connectivity index (χ4v) is 8.13. The second-order valence-corrected chi connectivity index (χ2v) is 19.1. The lowest BCUT2D eigenvalue weighted by molar-refractivity contribution is -0.136. The highest BCUT2D eigenvalue weighted by Gasteiger charge is 2.38. The molecule has 0 radical (unpaired) electrons. The zero-order valence-corrected chi connectivity index (χ0v) is 45.8. The van der Waals surface area contributed by atoms with E-state index in [1.54, 1.807) is 0 Å². The number of primary amides is 1. The minimum absolute atomic E-state index is 0.0272. The van der Waals surface area contributed by atoms with Crippen molar-refractivity contribution in [1.82, 2.24) is 52.1 Å². The van der Waals surface area contributed by atoms with Gasteiger partial charge in [-0.1, -0.05) is 12.5 Å². The summed E-state index contributed by atoms with van der Waals surface area (Å²) in [5.41, 5.74) is 50.7. The van der Waals surface area contributed by atoms with E-state index in [-0.39, 0.29) is 101 Å². The Kier molecular flexibility index (Phi) is 32.8. The van der Waals surface area contributed by atoms with Crippen LogP contribution in [0.15, 0.2) is 34.3 Å². The average Bonchev–Trinajstić information content (AvgIpc) is 4.15. The molecule has 2 heterocycles. The van der Waals surface area contributed by atoms with Crippen molar-refractivity contribution in [3.05, 3.63) is 30.0 Å². The fourth-order valence-electron chi connectivity index (χ4n) is 8.13. The maximum absolute atomic E-state index is 14.3. The van der Waals surface area contributed by atoms with Crippen molar-refractivity contribution in [3.8, 4) is 0 Å². The van der Waals surface area contributed by atoms with E-state index in [0.29, 0.717) is 70.2 Å². The summed E-state index contributed by atoms with van der Waals surface area (Å²) < 4.78 is 0. The lowest BCUT2D eigenvalue weighted by Gasteiger charge is -2.28. The summed E-state index contributed by atoms with van der Waals surface area (Å²) in [4.78, 5) is 151. The number of hydrogen-bond acceptors (Lipinski definition) is 18. The number of aromatic nitrogens is 2. The number of likely N-dealkylation sites (tertiary alicyclic amines) is 1. The van der Waals surface area contributed by atoms with E-state index in [1.807, 2.05) is 0 Å². The summed E-state index contributed by atoms with van der Waals surface area (Å²) in [6, 6.07) is -8.15. The number of aliphatic imine (C=N–C) groups is 2. The zero-order valence-electron chi connectivity index (χ0n) is 45.8. The Labute approximate surface area is 465 Å². The Balaban J connectivity index is 2.32. The minimum Gasteiger partial charge on any atom is -0.370 e. The van der Waals surface area contributed by atoms with Crippen molar-refractivity contribution < 1.29 is 47.9 Å². The molecule has 2 rings (SSSR count). The van der Waals surface area contributed by atoms with Crippen molar-refractivity contribution in [2.75, 3.05) is 52.4 Å². The largest absolute Gasteiger partial charge is 0.370 e. The number of carbonyl (C=O) groups excluding carboxylic acids is 10. The maximum Gasteiger partial charge on any atom is 0.269 e. The smallest absolute Gasteiger partial charge is 0.269 e. The highest BCUT2D eigenvalue weighted by molar-refractivity contribution is 6.40. The molecule has 31 heteroatoms. The normalized spacial score (nSPS) is 15.7. The van der Waals surface area contributed by atoms with Crippen molar-refractivity contribution in [2.45, 2.75) is 152 Å².